The lowest BCUT2D eigenvalue weighted by Crippen LogP contribution is -2.40. The molecule has 0 aromatic rings. The first-order valence-corrected chi connectivity index (χ1v) is 6.21. The van der Waals surface area contributed by atoms with Gasteiger partial charge >= 0.3 is 0 Å². The molecule has 0 saturated carbocycles. The molecule has 0 aliphatic rings. The van der Waals surface area contributed by atoms with E-state index in [-0.39, 0.29) is 0 Å². The summed E-state index contributed by atoms with van der Waals surface area (Å²) in [6.07, 6.45) is 3.92. The van der Waals surface area contributed by atoms with Gasteiger partial charge in [-0.15, -0.1) is 11.8 Å². The van der Waals surface area contributed by atoms with E-state index in [1.54, 1.807) is 6.21 Å². The first-order chi connectivity index (χ1) is 6.58. The minimum absolute atomic E-state index is 0.419. The van der Waals surface area contributed by atoms with Crippen molar-refractivity contribution >= 4 is 18.0 Å². The Bertz CT molecular complexity index is 211. The van der Waals surface area contributed by atoms with E-state index in [9.17, 15) is 0 Å². The molecule has 0 aromatic carbocycles. The van der Waals surface area contributed by atoms with Gasteiger partial charge in [0.2, 0.25) is 0 Å². The Labute approximate surface area is 92.1 Å². The van der Waals surface area contributed by atoms with Crippen LogP contribution in [0.2, 0.25) is 0 Å². The minimum atomic E-state index is 0.419. The van der Waals surface area contributed by atoms with E-state index in [2.05, 4.69) is 32.3 Å². The summed E-state index contributed by atoms with van der Waals surface area (Å²) in [6, 6.07) is 0. The van der Waals surface area contributed by atoms with Crippen LogP contribution in [-0.2, 0) is 0 Å². The number of nitrogens with one attached hydrogen (secondary N) is 1. The number of thioether (sulfide) groups is 1. The van der Waals surface area contributed by atoms with Crippen molar-refractivity contribution in [1.82, 2.24) is 5.32 Å². The summed E-state index contributed by atoms with van der Waals surface area (Å²) in [6.45, 7) is 7.54. The third-order valence-electron chi connectivity index (χ3n) is 2.87. The summed E-state index contributed by atoms with van der Waals surface area (Å²) in [5.74, 6) is 0.932. The van der Waals surface area contributed by atoms with Crippen LogP contribution in [0.25, 0.3) is 0 Å². The summed E-state index contributed by atoms with van der Waals surface area (Å²) < 4.78 is 0. The molecule has 0 saturated heterocycles. The standard InChI is InChI=1S/C11H22N2S/c1-8(10(3)14-5)9(2)11(6-12)7-13-4/h6,9,11-13H,7H2,1-5H3/p+1/b10-8+,12-6?/t9-,11-/m1/s1. The molecule has 0 unspecified atom stereocenters. The van der Waals surface area contributed by atoms with Crippen molar-refractivity contribution in [3.63, 3.8) is 0 Å². The highest BCUT2D eigenvalue weighted by atomic mass is 32.2. The Balaban J connectivity index is 4.56. The minimum Gasteiger partial charge on any atom is -0.319 e. The van der Waals surface area contributed by atoms with Crippen LogP contribution in [0.1, 0.15) is 20.8 Å². The summed E-state index contributed by atoms with van der Waals surface area (Å²) in [5, 5.41) is 8.82. The van der Waals surface area contributed by atoms with Gasteiger partial charge in [0.25, 0.3) is 0 Å². The predicted molar refractivity (Wildman–Crippen MR) is 66.5 cm³/mol. The Kier molecular flexibility index (Phi) is 6.93. The largest absolute Gasteiger partial charge is 0.319 e. The predicted octanol–water partition coefficient (Wildman–Crippen LogP) is 0.945. The van der Waals surface area contributed by atoms with Crippen molar-refractivity contribution in [2.75, 3.05) is 19.8 Å². The number of rotatable bonds is 6. The quantitative estimate of drug-likeness (QED) is 0.647. The average molecular weight is 215 g/mol. The van der Waals surface area contributed by atoms with E-state index in [0.29, 0.717) is 11.8 Å². The third-order valence-corrected chi connectivity index (χ3v) is 3.81. The molecule has 0 heterocycles. The van der Waals surface area contributed by atoms with Gasteiger partial charge in [-0.2, -0.15) is 0 Å². The second-order valence-electron chi connectivity index (χ2n) is 3.65. The fourth-order valence-electron chi connectivity index (χ4n) is 1.45. The van der Waals surface area contributed by atoms with Crippen molar-refractivity contribution in [2.24, 2.45) is 11.8 Å². The van der Waals surface area contributed by atoms with Gasteiger partial charge in [0.15, 0.2) is 0 Å². The molecule has 82 valence electrons. The Morgan fingerprint density at radius 3 is 2.43 bits per heavy atom. The maximum atomic E-state index is 5.64. The van der Waals surface area contributed by atoms with Gasteiger partial charge in [-0.3, -0.25) is 5.41 Å². The molecule has 2 nitrogen and oxygen atoms in total. The topological polar surface area (TPSA) is 37.6 Å². The molecule has 0 aliphatic heterocycles. The molecule has 14 heavy (non-hydrogen) atoms. The summed E-state index contributed by atoms with van der Waals surface area (Å²) in [4.78, 5) is 1.40. The SMILES string of the molecule is CNC[C@@H](C=[NH2+])[C@H](C)/C(C)=C(\C)SC. The lowest BCUT2D eigenvalue weighted by atomic mass is 9.88. The molecule has 0 amide bonds. The molecule has 0 spiro atoms. The van der Waals surface area contributed by atoms with Gasteiger partial charge in [0, 0.05) is 6.54 Å². The second kappa shape index (κ2) is 7.07. The Morgan fingerprint density at radius 2 is 2.07 bits per heavy atom. The van der Waals surface area contributed by atoms with Gasteiger partial charge in [-0.1, -0.05) is 12.5 Å². The van der Waals surface area contributed by atoms with E-state index < -0.39 is 0 Å². The number of nitrogens with two attached hydrogens (primary N) is 1. The molecular formula is C11H23N2S+. The molecule has 0 bridgehead atoms. The van der Waals surface area contributed by atoms with E-state index in [1.165, 1.54) is 10.5 Å². The van der Waals surface area contributed by atoms with Gasteiger partial charge in [0.05, 0.1) is 5.92 Å². The normalized spacial score (nSPS) is 17.2. The van der Waals surface area contributed by atoms with E-state index in [0.717, 1.165) is 6.54 Å². The van der Waals surface area contributed by atoms with Crippen LogP contribution in [0.4, 0.5) is 0 Å². The zero-order valence-electron chi connectivity index (χ0n) is 9.92. The van der Waals surface area contributed by atoms with Crippen LogP contribution < -0.4 is 10.7 Å². The van der Waals surface area contributed by atoms with Crippen molar-refractivity contribution in [1.29, 1.82) is 0 Å². The van der Waals surface area contributed by atoms with Crippen molar-refractivity contribution in [3.05, 3.63) is 10.5 Å². The van der Waals surface area contributed by atoms with Crippen LogP contribution in [0.15, 0.2) is 10.5 Å². The molecule has 0 fully saturated rings. The second-order valence-corrected chi connectivity index (χ2v) is 4.67. The zero-order valence-corrected chi connectivity index (χ0v) is 10.7. The van der Waals surface area contributed by atoms with E-state index in [4.69, 9.17) is 5.41 Å². The van der Waals surface area contributed by atoms with Crippen LogP contribution in [0.5, 0.6) is 0 Å². The average Bonchev–Trinajstić information content (AvgIpc) is 2.22. The zero-order chi connectivity index (χ0) is 11.1. The highest BCUT2D eigenvalue weighted by Crippen LogP contribution is 2.25. The first-order valence-electron chi connectivity index (χ1n) is 4.99. The highest BCUT2D eigenvalue weighted by Gasteiger charge is 2.19. The number of allylic oxidation sites excluding steroid dienone is 2. The summed E-state index contributed by atoms with van der Waals surface area (Å²) in [5.41, 5.74) is 1.44. The van der Waals surface area contributed by atoms with E-state index in [1.807, 2.05) is 18.8 Å². The third kappa shape index (κ3) is 3.84. The summed E-state index contributed by atoms with van der Waals surface area (Å²) in [7, 11) is 1.96. The van der Waals surface area contributed by atoms with Crippen LogP contribution in [-0.4, -0.2) is 26.1 Å². The Hall–Kier alpha value is -0.280. The van der Waals surface area contributed by atoms with E-state index >= 15 is 0 Å². The monoisotopic (exact) mass is 215 g/mol. The fourth-order valence-corrected chi connectivity index (χ4v) is 1.96. The molecule has 3 heteroatoms. The van der Waals surface area contributed by atoms with Crippen molar-refractivity contribution < 1.29 is 5.41 Å². The van der Waals surface area contributed by atoms with Gasteiger partial charge in [-0.05, 0) is 38.0 Å². The molecule has 2 atom stereocenters. The molecule has 0 rings (SSSR count). The molecular weight excluding hydrogens is 192 g/mol. The summed E-state index contributed by atoms with van der Waals surface area (Å²) >= 11 is 1.81. The highest BCUT2D eigenvalue weighted by molar-refractivity contribution is 8.02. The van der Waals surface area contributed by atoms with Crippen LogP contribution in [0, 0.1) is 11.8 Å². The number of hydrogen-bond donors (Lipinski definition) is 2. The van der Waals surface area contributed by atoms with Gasteiger partial charge < -0.3 is 5.32 Å². The maximum absolute atomic E-state index is 5.64. The lowest BCUT2D eigenvalue weighted by molar-refractivity contribution is -0.111. The molecule has 0 aromatic heterocycles. The molecule has 3 N–H and O–H groups in total. The van der Waals surface area contributed by atoms with Crippen LogP contribution in [0.3, 0.4) is 0 Å². The van der Waals surface area contributed by atoms with Gasteiger partial charge in [-0.25, -0.2) is 0 Å². The fraction of sp³-hybridized carbons (Fsp3) is 0.727. The van der Waals surface area contributed by atoms with Crippen LogP contribution >= 0.6 is 11.8 Å². The lowest BCUT2D eigenvalue weighted by Gasteiger charge is -2.20. The van der Waals surface area contributed by atoms with Gasteiger partial charge in [0.1, 0.15) is 6.21 Å². The molecule has 0 aliphatic carbocycles. The van der Waals surface area contributed by atoms with Crippen molar-refractivity contribution in [2.45, 2.75) is 20.8 Å². The van der Waals surface area contributed by atoms with Crippen molar-refractivity contribution in [3.8, 4) is 0 Å². The number of hydrogen-bond acceptors (Lipinski definition) is 2. The first kappa shape index (κ1) is 13.7. The maximum Gasteiger partial charge on any atom is 0.141 e. The molecule has 0 radical (unpaired) electrons. The Morgan fingerprint density at radius 1 is 1.50 bits per heavy atom. The smallest absolute Gasteiger partial charge is 0.141 e.